The summed E-state index contributed by atoms with van der Waals surface area (Å²) in [6, 6.07) is 11.3. The second kappa shape index (κ2) is 11.0. The molecule has 0 heterocycles. The van der Waals surface area contributed by atoms with E-state index in [0.29, 0.717) is 0 Å². The van der Waals surface area contributed by atoms with Gasteiger partial charge in [-0.05, 0) is 31.0 Å². The number of likely N-dealkylation sites (N-methyl/N-ethyl adjacent to an activating group) is 1. The molecule has 1 N–H and O–H groups in total. The first kappa shape index (κ1) is 25.3. The first-order valence-electron chi connectivity index (χ1n) is 10.0. The molecule has 32 heavy (non-hydrogen) atoms. The van der Waals surface area contributed by atoms with Crippen LogP contribution in [0.15, 0.2) is 48.5 Å². The van der Waals surface area contributed by atoms with Gasteiger partial charge in [0.1, 0.15) is 6.04 Å². The largest absolute Gasteiger partial charge is 0.357 e. The Bertz CT molecular complexity index is 1050. The van der Waals surface area contributed by atoms with Crippen molar-refractivity contribution in [3.8, 4) is 0 Å². The van der Waals surface area contributed by atoms with Crippen LogP contribution in [0.5, 0.6) is 0 Å². The van der Waals surface area contributed by atoms with Gasteiger partial charge in [0.15, 0.2) is 11.6 Å². The van der Waals surface area contributed by atoms with Crippen LogP contribution in [0, 0.1) is 11.6 Å². The average Bonchev–Trinajstić information content (AvgIpc) is 2.75. The molecule has 0 bridgehead atoms. The summed E-state index contributed by atoms with van der Waals surface area (Å²) in [6.45, 7) is 1.72. The Labute approximate surface area is 187 Å². The van der Waals surface area contributed by atoms with E-state index in [1.807, 2.05) is 30.3 Å². The van der Waals surface area contributed by atoms with Crippen LogP contribution in [0.25, 0.3) is 0 Å². The Hall–Kier alpha value is -3.01. The van der Waals surface area contributed by atoms with E-state index >= 15 is 0 Å². The molecule has 0 aliphatic heterocycles. The van der Waals surface area contributed by atoms with Crippen molar-refractivity contribution in [3.63, 3.8) is 0 Å². The molecule has 0 aromatic heterocycles. The average molecular weight is 468 g/mol. The summed E-state index contributed by atoms with van der Waals surface area (Å²) in [5, 5.41) is 2.52. The summed E-state index contributed by atoms with van der Waals surface area (Å²) in [5.41, 5.74) is 0.815. The van der Waals surface area contributed by atoms with Crippen molar-refractivity contribution in [2.45, 2.75) is 32.4 Å². The lowest BCUT2D eigenvalue weighted by molar-refractivity contribution is -0.140. The van der Waals surface area contributed by atoms with E-state index in [-0.39, 0.29) is 43.4 Å². The number of benzene rings is 2. The van der Waals surface area contributed by atoms with Crippen LogP contribution in [0.1, 0.15) is 25.3 Å². The standard InChI is InChI=1S/C22H27F2N3O4S/c1-16(22(29)25-2)26(15-17-8-5-4-6-9-17)21(28)10-7-13-27(32(3,30)31)18-11-12-19(23)20(24)14-18/h4-6,8-9,11-12,14,16H,7,10,13,15H2,1-3H3,(H,25,29). The van der Waals surface area contributed by atoms with Crippen LogP contribution < -0.4 is 9.62 Å². The van der Waals surface area contributed by atoms with Gasteiger partial charge in [-0.2, -0.15) is 0 Å². The summed E-state index contributed by atoms with van der Waals surface area (Å²) >= 11 is 0. The fourth-order valence-electron chi connectivity index (χ4n) is 3.22. The number of carbonyl (C=O) groups excluding carboxylic acids is 2. The summed E-state index contributed by atoms with van der Waals surface area (Å²) in [6.07, 6.45) is 1.03. The molecule has 0 aliphatic carbocycles. The minimum atomic E-state index is -3.79. The number of amides is 2. The zero-order valence-corrected chi connectivity index (χ0v) is 19.0. The van der Waals surface area contributed by atoms with Gasteiger partial charge in [0.05, 0.1) is 11.9 Å². The minimum Gasteiger partial charge on any atom is -0.357 e. The molecule has 0 saturated heterocycles. The third-order valence-corrected chi connectivity index (χ3v) is 6.15. The quantitative estimate of drug-likeness (QED) is 0.582. The highest BCUT2D eigenvalue weighted by Crippen LogP contribution is 2.21. The number of sulfonamides is 1. The molecule has 0 saturated carbocycles. The molecule has 2 aromatic carbocycles. The van der Waals surface area contributed by atoms with Crippen molar-refractivity contribution < 1.29 is 26.8 Å². The molecule has 2 aromatic rings. The fourth-order valence-corrected chi connectivity index (χ4v) is 4.17. The van der Waals surface area contributed by atoms with E-state index in [0.717, 1.165) is 34.3 Å². The maximum atomic E-state index is 13.6. The second-order valence-electron chi connectivity index (χ2n) is 7.33. The maximum Gasteiger partial charge on any atom is 0.242 e. The summed E-state index contributed by atoms with van der Waals surface area (Å²) in [7, 11) is -2.31. The number of nitrogens with one attached hydrogen (secondary N) is 1. The van der Waals surface area contributed by atoms with Gasteiger partial charge >= 0.3 is 0 Å². The Morgan fingerprint density at radius 1 is 1.06 bits per heavy atom. The first-order valence-corrected chi connectivity index (χ1v) is 11.9. The predicted octanol–water partition coefficient (Wildman–Crippen LogP) is 2.67. The molecule has 0 radical (unpaired) electrons. The molecular formula is C22H27F2N3O4S. The fraction of sp³-hybridized carbons (Fsp3) is 0.364. The van der Waals surface area contributed by atoms with E-state index in [2.05, 4.69) is 5.32 Å². The highest BCUT2D eigenvalue weighted by molar-refractivity contribution is 7.92. The number of carbonyl (C=O) groups is 2. The van der Waals surface area contributed by atoms with Crippen molar-refractivity contribution in [2.24, 2.45) is 0 Å². The topological polar surface area (TPSA) is 86.8 Å². The number of nitrogens with zero attached hydrogens (tertiary/aromatic N) is 2. The molecule has 2 amide bonds. The van der Waals surface area contributed by atoms with Gasteiger partial charge in [-0.3, -0.25) is 13.9 Å². The van der Waals surface area contributed by atoms with Crippen molar-refractivity contribution in [3.05, 3.63) is 65.7 Å². The molecule has 1 atom stereocenters. The highest BCUT2D eigenvalue weighted by atomic mass is 32.2. The Kier molecular flexibility index (Phi) is 8.71. The molecular weight excluding hydrogens is 440 g/mol. The van der Waals surface area contributed by atoms with Gasteiger partial charge in [0.2, 0.25) is 21.8 Å². The van der Waals surface area contributed by atoms with E-state index in [1.165, 1.54) is 11.9 Å². The molecule has 1 unspecified atom stereocenters. The van der Waals surface area contributed by atoms with Crippen LogP contribution in [-0.2, 0) is 26.2 Å². The molecule has 0 aliphatic rings. The zero-order chi connectivity index (χ0) is 23.9. The van der Waals surface area contributed by atoms with Gasteiger partial charge in [-0.1, -0.05) is 30.3 Å². The number of anilines is 1. The summed E-state index contributed by atoms with van der Waals surface area (Å²) in [5.74, 6) is -2.91. The van der Waals surface area contributed by atoms with Gasteiger partial charge < -0.3 is 10.2 Å². The van der Waals surface area contributed by atoms with Crippen molar-refractivity contribution in [1.29, 1.82) is 0 Å². The van der Waals surface area contributed by atoms with Crippen LogP contribution in [0.3, 0.4) is 0 Å². The van der Waals surface area contributed by atoms with Crippen LogP contribution >= 0.6 is 0 Å². The normalized spacial score (nSPS) is 12.2. The summed E-state index contributed by atoms with van der Waals surface area (Å²) < 4.78 is 52.1. The van der Waals surface area contributed by atoms with Crippen LogP contribution in [0.2, 0.25) is 0 Å². The highest BCUT2D eigenvalue weighted by Gasteiger charge is 2.26. The Morgan fingerprint density at radius 3 is 2.28 bits per heavy atom. The lowest BCUT2D eigenvalue weighted by Gasteiger charge is -2.29. The number of hydrogen-bond donors (Lipinski definition) is 1. The maximum absolute atomic E-state index is 13.6. The second-order valence-corrected chi connectivity index (χ2v) is 9.24. The third-order valence-electron chi connectivity index (χ3n) is 4.95. The predicted molar refractivity (Wildman–Crippen MR) is 118 cm³/mol. The monoisotopic (exact) mass is 467 g/mol. The zero-order valence-electron chi connectivity index (χ0n) is 18.2. The number of rotatable bonds is 10. The Morgan fingerprint density at radius 2 is 1.72 bits per heavy atom. The van der Waals surface area contributed by atoms with E-state index in [9.17, 15) is 26.8 Å². The summed E-state index contributed by atoms with van der Waals surface area (Å²) in [4.78, 5) is 26.5. The molecule has 2 rings (SSSR count). The molecule has 0 spiro atoms. The molecule has 0 fully saturated rings. The van der Waals surface area contributed by atoms with E-state index < -0.39 is 27.7 Å². The molecule has 174 valence electrons. The van der Waals surface area contributed by atoms with Gasteiger partial charge in [-0.25, -0.2) is 17.2 Å². The van der Waals surface area contributed by atoms with Gasteiger partial charge in [0.25, 0.3) is 0 Å². The van der Waals surface area contributed by atoms with Crippen molar-refractivity contribution in [2.75, 3.05) is 24.2 Å². The van der Waals surface area contributed by atoms with E-state index in [1.54, 1.807) is 6.92 Å². The minimum absolute atomic E-state index is 0.0290. The number of hydrogen-bond acceptors (Lipinski definition) is 4. The van der Waals surface area contributed by atoms with Crippen LogP contribution in [-0.4, -0.2) is 51.0 Å². The molecule has 10 heteroatoms. The first-order chi connectivity index (χ1) is 15.0. The number of halogens is 2. The Balaban J connectivity index is 2.14. The molecule has 7 nitrogen and oxygen atoms in total. The smallest absolute Gasteiger partial charge is 0.242 e. The SMILES string of the molecule is CNC(=O)C(C)N(Cc1ccccc1)C(=O)CCCN(c1ccc(F)c(F)c1)S(C)(=O)=O. The lowest BCUT2D eigenvalue weighted by Crippen LogP contribution is -2.46. The van der Waals surface area contributed by atoms with E-state index in [4.69, 9.17) is 0 Å². The lowest BCUT2D eigenvalue weighted by atomic mass is 10.1. The van der Waals surface area contributed by atoms with Crippen molar-refractivity contribution in [1.82, 2.24) is 10.2 Å². The van der Waals surface area contributed by atoms with Crippen LogP contribution in [0.4, 0.5) is 14.5 Å². The van der Waals surface area contributed by atoms with Crippen molar-refractivity contribution >= 4 is 27.5 Å². The third kappa shape index (κ3) is 6.74. The van der Waals surface area contributed by atoms with Gasteiger partial charge in [0, 0.05) is 32.6 Å². The van der Waals surface area contributed by atoms with Gasteiger partial charge in [-0.15, -0.1) is 0 Å².